The molecule has 0 aliphatic carbocycles. The van der Waals surface area contributed by atoms with Crippen LogP contribution >= 0.6 is 39.9 Å². The zero-order valence-electron chi connectivity index (χ0n) is 13.6. The van der Waals surface area contributed by atoms with E-state index in [0.29, 0.717) is 34.1 Å². The van der Waals surface area contributed by atoms with Crippen molar-refractivity contribution in [2.45, 2.75) is 13.8 Å². The minimum atomic E-state index is -1.11. The number of carboxylic acids is 1. The second-order valence-electron chi connectivity index (χ2n) is 4.86. The maximum atomic E-state index is 12.3. The van der Waals surface area contributed by atoms with E-state index in [1.54, 1.807) is 18.2 Å². The molecule has 2 rings (SSSR count). The van der Waals surface area contributed by atoms with Gasteiger partial charge in [-0.1, -0.05) is 24.0 Å². The van der Waals surface area contributed by atoms with Gasteiger partial charge in [-0.2, -0.15) is 0 Å². The lowest BCUT2D eigenvalue weighted by Gasteiger charge is -2.13. The molecule has 1 aromatic carbocycles. The topological polar surface area (TPSA) is 76.1 Å². The van der Waals surface area contributed by atoms with Crippen LogP contribution in [0.3, 0.4) is 0 Å². The zero-order chi connectivity index (χ0) is 18.6. The Kier molecular flexibility index (Phi) is 6.86. The van der Waals surface area contributed by atoms with Crippen molar-refractivity contribution in [2.75, 3.05) is 19.8 Å². The minimum absolute atomic E-state index is 0.230. The van der Waals surface area contributed by atoms with E-state index in [1.807, 2.05) is 13.8 Å². The first-order valence-corrected chi connectivity index (χ1v) is 9.45. The first-order chi connectivity index (χ1) is 11.9. The summed E-state index contributed by atoms with van der Waals surface area (Å²) in [4.78, 5) is 24.6. The molecule has 1 aliphatic heterocycles. The second kappa shape index (κ2) is 8.68. The van der Waals surface area contributed by atoms with Gasteiger partial charge in [0.1, 0.15) is 10.9 Å². The third-order valence-corrected chi connectivity index (χ3v) is 5.05. The molecule has 1 aliphatic rings. The molecule has 0 unspecified atom stereocenters. The van der Waals surface area contributed by atoms with Crippen LogP contribution in [0.25, 0.3) is 6.08 Å². The summed E-state index contributed by atoms with van der Waals surface area (Å²) >= 11 is 9.61. The Morgan fingerprint density at radius 2 is 2.04 bits per heavy atom. The maximum absolute atomic E-state index is 12.3. The Bertz CT molecular complexity index is 750. The fourth-order valence-corrected chi connectivity index (χ4v) is 3.97. The largest absolute Gasteiger partial charge is 0.490 e. The molecule has 1 N–H and O–H groups in total. The summed E-state index contributed by atoms with van der Waals surface area (Å²) < 4.78 is 12.1. The van der Waals surface area contributed by atoms with Crippen LogP contribution in [0.1, 0.15) is 19.4 Å². The third kappa shape index (κ3) is 4.74. The van der Waals surface area contributed by atoms with Crippen LogP contribution < -0.4 is 9.47 Å². The van der Waals surface area contributed by atoms with E-state index >= 15 is 0 Å². The number of hydrogen-bond donors (Lipinski definition) is 1. The van der Waals surface area contributed by atoms with E-state index in [1.165, 1.54) is 0 Å². The number of hydrogen-bond acceptors (Lipinski definition) is 6. The van der Waals surface area contributed by atoms with Crippen LogP contribution in [0.5, 0.6) is 11.5 Å². The Morgan fingerprint density at radius 3 is 2.64 bits per heavy atom. The monoisotopic (exact) mass is 445 g/mol. The summed E-state index contributed by atoms with van der Waals surface area (Å²) in [6, 6.07) is 3.57. The summed E-state index contributed by atoms with van der Waals surface area (Å²) in [6.07, 6.45) is 1.66. The average Bonchev–Trinajstić information content (AvgIpc) is 2.78. The number of halogens is 1. The average molecular weight is 446 g/mol. The number of carboxylic acid groups (broad SMARTS) is 1. The van der Waals surface area contributed by atoms with Crippen LogP contribution in [-0.2, 0) is 9.59 Å². The molecule has 0 spiro atoms. The fraction of sp³-hybridized carbons (Fsp3) is 0.312. The van der Waals surface area contributed by atoms with Crippen molar-refractivity contribution in [3.63, 3.8) is 0 Å². The molecule has 25 heavy (non-hydrogen) atoms. The minimum Gasteiger partial charge on any atom is -0.490 e. The lowest BCUT2D eigenvalue weighted by molar-refractivity contribution is -0.140. The number of benzene rings is 1. The predicted octanol–water partition coefficient (Wildman–Crippen LogP) is 3.53. The van der Waals surface area contributed by atoms with Crippen molar-refractivity contribution in [2.24, 2.45) is 0 Å². The van der Waals surface area contributed by atoms with Gasteiger partial charge in [-0.3, -0.25) is 14.5 Å². The van der Waals surface area contributed by atoms with Crippen LogP contribution in [-0.4, -0.2) is 46.0 Å². The molecule has 0 atom stereocenters. The smallest absolute Gasteiger partial charge is 0.323 e. The molecular weight excluding hydrogens is 430 g/mol. The Morgan fingerprint density at radius 1 is 1.36 bits per heavy atom. The molecule has 6 nitrogen and oxygen atoms in total. The van der Waals surface area contributed by atoms with Gasteiger partial charge in [-0.05, 0) is 53.5 Å². The van der Waals surface area contributed by atoms with E-state index in [9.17, 15) is 9.59 Å². The van der Waals surface area contributed by atoms with Gasteiger partial charge >= 0.3 is 5.97 Å². The number of thiocarbonyl (C=S) groups is 1. The van der Waals surface area contributed by atoms with Crippen LogP contribution in [0, 0.1) is 0 Å². The van der Waals surface area contributed by atoms with Gasteiger partial charge in [0, 0.05) is 0 Å². The number of thioether (sulfide) groups is 1. The molecule has 0 bridgehead atoms. The van der Waals surface area contributed by atoms with E-state index in [4.69, 9.17) is 26.8 Å². The van der Waals surface area contributed by atoms with Gasteiger partial charge in [-0.15, -0.1) is 0 Å². The molecule has 0 radical (unpaired) electrons. The van der Waals surface area contributed by atoms with Crippen molar-refractivity contribution in [3.05, 3.63) is 27.1 Å². The molecule has 1 amide bonds. The molecule has 0 aromatic heterocycles. The Labute approximate surface area is 163 Å². The van der Waals surface area contributed by atoms with Crippen molar-refractivity contribution in [1.29, 1.82) is 0 Å². The second-order valence-corrected chi connectivity index (χ2v) is 7.39. The van der Waals surface area contributed by atoms with Crippen LogP contribution in [0.4, 0.5) is 0 Å². The van der Waals surface area contributed by atoms with E-state index in [2.05, 4.69) is 15.9 Å². The molecule has 1 aromatic rings. The SMILES string of the molecule is CCOc1cc(/C=C2/SC(=S)N(CC(=O)O)C2=O)cc(Br)c1OCC. The molecule has 9 heteroatoms. The standard InChI is InChI=1S/C16H16BrNO5S2/c1-3-22-11-6-9(5-10(17)14(11)23-4-2)7-12-15(21)18(8-13(19)20)16(24)25-12/h5-7H,3-4,8H2,1-2H3,(H,19,20)/b12-7+. The highest BCUT2D eigenvalue weighted by atomic mass is 79.9. The van der Waals surface area contributed by atoms with Gasteiger partial charge < -0.3 is 14.6 Å². The van der Waals surface area contributed by atoms with Crippen LogP contribution in [0.2, 0.25) is 0 Å². The Balaban J connectivity index is 2.36. The molecule has 1 heterocycles. The van der Waals surface area contributed by atoms with E-state index < -0.39 is 18.4 Å². The summed E-state index contributed by atoms with van der Waals surface area (Å²) in [6.45, 7) is 4.26. The Hall–Kier alpha value is -1.58. The highest BCUT2D eigenvalue weighted by Gasteiger charge is 2.33. The van der Waals surface area contributed by atoms with Crippen molar-refractivity contribution >= 4 is 62.2 Å². The van der Waals surface area contributed by atoms with E-state index in [-0.39, 0.29) is 4.32 Å². The number of ether oxygens (including phenoxy) is 2. The van der Waals surface area contributed by atoms with Gasteiger partial charge in [0.15, 0.2) is 11.5 Å². The van der Waals surface area contributed by atoms with Crippen molar-refractivity contribution in [1.82, 2.24) is 4.90 Å². The first kappa shape index (κ1) is 19.7. The van der Waals surface area contributed by atoms with Gasteiger partial charge in [0.2, 0.25) is 0 Å². The number of carbonyl (C=O) groups is 2. The van der Waals surface area contributed by atoms with Crippen molar-refractivity contribution in [3.8, 4) is 11.5 Å². The van der Waals surface area contributed by atoms with Gasteiger partial charge in [0.25, 0.3) is 5.91 Å². The third-order valence-electron chi connectivity index (χ3n) is 3.09. The maximum Gasteiger partial charge on any atom is 0.323 e. The molecule has 134 valence electrons. The van der Waals surface area contributed by atoms with Gasteiger partial charge in [-0.25, -0.2) is 0 Å². The number of rotatable bonds is 7. The number of aliphatic carboxylic acids is 1. The first-order valence-electron chi connectivity index (χ1n) is 7.43. The summed E-state index contributed by atoms with van der Waals surface area (Å²) in [7, 11) is 0. The summed E-state index contributed by atoms with van der Waals surface area (Å²) in [5, 5.41) is 8.88. The van der Waals surface area contributed by atoms with Crippen molar-refractivity contribution < 1.29 is 24.2 Å². The van der Waals surface area contributed by atoms with E-state index in [0.717, 1.165) is 22.2 Å². The molecule has 0 saturated carbocycles. The van der Waals surface area contributed by atoms with Gasteiger partial charge in [0.05, 0.1) is 22.6 Å². The molecule has 1 fully saturated rings. The lowest BCUT2D eigenvalue weighted by atomic mass is 10.2. The summed E-state index contributed by atoms with van der Waals surface area (Å²) in [5.74, 6) is -0.369. The lowest BCUT2D eigenvalue weighted by Crippen LogP contribution is -2.33. The zero-order valence-corrected chi connectivity index (χ0v) is 16.8. The van der Waals surface area contributed by atoms with Crippen LogP contribution in [0.15, 0.2) is 21.5 Å². The highest BCUT2D eigenvalue weighted by Crippen LogP contribution is 2.39. The molecular formula is C16H16BrNO5S2. The number of amides is 1. The highest BCUT2D eigenvalue weighted by molar-refractivity contribution is 9.10. The number of carbonyl (C=O) groups excluding carboxylic acids is 1. The quantitative estimate of drug-likeness (QED) is 0.507. The molecule has 1 saturated heterocycles. The fourth-order valence-electron chi connectivity index (χ4n) is 2.14. The summed E-state index contributed by atoms with van der Waals surface area (Å²) in [5.41, 5.74) is 0.717. The normalized spacial score (nSPS) is 15.8. The predicted molar refractivity (Wildman–Crippen MR) is 104 cm³/mol. The number of nitrogens with zero attached hydrogens (tertiary/aromatic N) is 1.